The summed E-state index contributed by atoms with van der Waals surface area (Å²) in [6.07, 6.45) is 74.9. The highest BCUT2D eigenvalue weighted by molar-refractivity contribution is 7.47. The Morgan fingerprint density at radius 3 is 0.740 bits per heavy atom. The number of nitrogens with one attached hydrogen (secondary N) is 4. The molecule has 0 aliphatic heterocycles. The first-order valence-corrected chi connectivity index (χ1v) is 47.7. The molecule has 0 spiro atoms. The average molecular weight is 1520 g/mol. The van der Waals surface area contributed by atoms with E-state index in [1.165, 1.54) is 334 Å². The van der Waals surface area contributed by atoms with Crippen LogP contribution in [0, 0.1) is 11.8 Å². The number of rotatable bonds is 86. The Balaban J connectivity index is 5.46. The molecule has 6 N–H and O–H groups in total. The third-order valence-electron chi connectivity index (χ3n) is 20.7. The lowest BCUT2D eigenvalue weighted by atomic mass is 9.91. The predicted molar refractivity (Wildman–Crippen MR) is 438 cm³/mol. The highest BCUT2D eigenvalue weighted by Crippen LogP contribution is 2.44. The number of hydrogen-bond donors (Lipinski definition) is 6. The summed E-state index contributed by atoms with van der Waals surface area (Å²) < 4.78 is 60.3. The first kappa shape index (κ1) is 102. The van der Waals surface area contributed by atoms with Crippen molar-refractivity contribution in [3.8, 4) is 0 Å². The Kier molecular flexibility index (Phi) is 78.2. The minimum absolute atomic E-state index is 0.127. The van der Waals surface area contributed by atoms with E-state index in [0.29, 0.717) is 37.9 Å². The van der Waals surface area contributed by atoms with Crippen molar-refractivity contribution in [2.75, 3.05) is 65.9 Å². The van der Waals surface area contributed by atoms with Crippen molar-refractivity contribution < 1.29 is 60.9 Å². The molecule has 17 nitrogen and oxygen atoms in total. The van der Waals surface area contributed by atoms with E-state index in [-0.39, 0.29) is 64.5 Å². The van der Waals surface area contributed by atoms with Crippen LogP contribution in [0.25, 0.3) is 0 Å². The summed E-state index contributed by atoms with van der Waals surface area (Å²) >= 11 is 0. The lowest BCUT2D eigenvalue weighted by molar-refractivity contribution is -0.123. The van der Waals surface area contributed by atoms with Crippen LogP contribution in [0.3, 0.4) is 0 Å². The van der Waals surface area contributed by atoms with Crippen molar-refractivity contribution in [2.45, 2.75) is 452 Å². The normalized spacial score (nSPS) is 14.1. The van der Waals surface area contributed by atoms with Crippen LogP contribution in [0.1, 0.15) is 440 Å². The molecular formula is C85H172N4O13P2. The molecule has 0 rings (SSSR count). The fourth-order valence-electron chi connectivity index (χ4n) is 14.0. The first-order valence-electron chi connectivity index (χ1n) is 44.7. The van der Waals surface area contributed by atoms with Gasteiger partial charge in [-0.05, 0) is 37.5 Å². The van der Waals surface area contributed by atoms with Gasteiger partial charge in [-0.3, -0.25) is 27.7 Å². The van der Waals surface area contributed by atoms with Gasteiger partial charge in [-0.1, -0.05) is 401 Å². The Morgan fingerprint density at radius 1 is 0.279 bits per heavy atom. The number of hydrogen-bond acceptors (Lipinski definition) is 11. The number of phosphoric ester groups is 2. The highest BCUT2D eigenvalue weighted by atomic mass is 31.2. The third kappa shape index (κ3) is 75.7. The second-order valence-electron chi connectivity index (χ2n) is 31.0. The number of ether oxygens (including phenoxy) is 2. The summed E-state index contributed by atoms with van der Waals surface area (Å²) in [5, 5.41) is 11.1. The molecule has 0 saturated heterocycles. The Bertz CT molecular complexity index is 1800. The molecule has 0 aliphatic carbocycles. The van der Waals surface area contributed by atoms with Crippen LogP contribution in [0.4, 0.5) is 4.79 Å². The van der Waals surface area contributed by atoms with E-state index >= 15 is 0 Å². The Hall–Kier alpha value is -1.65. The Labute approximate surface area is 641 Å². The predicted octanol–water partition coefficient (Wildman–Crippen LogP) is 25.1. The molecule has 6 atom stereocenters. The van der Waals surface area contributed by atoms with Crippen LogP contribution in [0.15, 0.2) is 0 Å². The fraction of sp³-hybridized carbons (Fsp3) is 0.965. The van der Waals surface area contributed by atoms with Crippen molar-refractivity contribution in [3.05, 3.63) is 0 Å². The van der Waals surface area contributed by atoms with Crippen LogP contribution in [0.2, 0.25) is 0 Å². The summed E-state index contributed by atoms with van der Waals surface area (Å²) in [6, 6.07) is -2.01. The van der Waals surface area contributed by atoms with E-state index in [4.69, 9.17) is 27.6 Å². The second kappa shape index (κ2) is 79.4. The molecule has 620 valence electrons. The van der Waals surface area contributed by atoms with Crippen LogP contribution in [-0.4, -0.2) is 106 Å². The largest absolute Gasteiger partial charge is 0.472 e. The maximum Gasteiger partial charge on any atom is 0.472 e. The molecule has 0 aliphatic rings. The Morgan fingerprint density at radius 2 is 0.500 bits per heavy atom. The summed E-state index contributed by atoms with van der Waals surface area (Å²) in [4.78, 5) is 60.9. The molecule has 0 aromatic heterocycles. The van der Waals surface area contributed by atoms with Gasteiger partial charge in [-0.2, -0.15) is 0 Å². The molecule has 0 aromatic rings. The van der Waals surface area contributed by atoms with Gasteiger partial charge in [0.15, 0.2) is 0 Å². The zero-order chi connectivity index (χ0) is 76.0. The molecular weight excluding hydrogens is 1350 g/mol. The lowest BCUT2D eigenvalue weighted by Gasteiger charge is -2.22. The van der Waals surface area contributed by atoms with E-state index in [9.17, 15) is 33.3 Å². The minimum atomic E-state index is -4.62. The van der Waals surface area contributed by atoms with Gasteiger partial charge >= 0.3 is 21.7 Å². The highest BCUT2D eigenvalue weighted by Gasteiger charge is 2.27. The number of phosphoric acid groups is 2. The zero-order valence-electron chi connectivity index (χ0n) is 69.0. The number of amides is 4. The molecule has 104 heavy (non-hydrogen) atoms. The van der Waals surface area contributed by atoms with Crippen molar-refractivity contribution in [2.24, 2.45) is 11.8 Å². The third-order valence-corrected chi connectivity index (χ3v) is 22.7. The summed E-state index contributed by atoms with van der Waals surface area (Å²) in [6.45, 7) is 13.2. The monoisotopic (exact) mass is 1520 g/mol. The molecule has 19 heteroatoms. The summed E-state index contributed by atoms with van der Waals surface area (Å²) in [5.74, 6) is 0.836. The molecule has 0 heterocycles. The van der Waals surface area contributed by atoms with Gasteiger partial charge in [0.1, 0.15) is 0 Å². The standard InChI is InChI=1S/C85H172N4O13P2/c1-7-13-19-25-29-33-37-41-45-51-57-63-79(61-55-49-23-17-11-5)67-71-97-75-81(88-83(90)65-59-53-47-43-39-35-31-27-21-15-9-3)77-101-103(93,94)99-73-69-86-85(92)87-70-74-100-104(95,96)102-78-82(89-84(91)66-60-54-48-44-40-36-32-28-22-16-10-4)76-98-72-68-80(62-56-50-24-18-12-6)64-58-52-46-42-38-34-30-26-20-14-8-2/h79-82H,7-78H2,1-6H3,(H,88,90)(H,89,91)(H,93,94)(H,95,96)(H2,86,87,92)/t79-,80-,81-,82-/m1/s1. The number of carbonyl (C=O) groups excluding carboxylic acids is 3. The van der Waals surface area contributed by atoms with Gasteiger partial charge in [0, 0.05) is 39.1 Å². The number of unbranched alkanes of at least 4 members (excludes halogenated alkanes) is 48. The van der Waals surface area contributed by atoms with Crippen LogP contribution >= 0.6 is 15.6 Å². The maximum absolute atomic E-state index is 13.3. The van der Waals surface area contributed by atoms with Gasteiger partial charge in [0.2, 0.25) is 11.8 Å². The SMILES string of the molecule is CCCCCCCCCCCCCC(=O)N[C@H](COCC[C@H](CCCCCCC)CCCCCCCCCCCCC)COP(=O)(O)OCCNC(=O)NCCOP(=O)(O)OC[C@@H](COCC[C@H](CCCCCCC)CCCCCCCCCCCCC)NC(=O)CCCCCCCCCCCCC. The lowest BCUT2D eigenvalue weighted by Crippen LogP contribution is -2.41. The van der Waals surface area contributed by atoms with Crippen LogP contribution in [0.5, 0.6) is 0 Å². The maximum atomic E-state index is 13.3. The van der Waals surface area contributed by atoms with E-state index in [0.717, 1.165) is 51.4 Å². The van der Waals surface area contributed by atoms with E-state index < -0.39 is 33.8 Å². The van der Waals surface area contributed by atoms with Gasteiger partial charge < -0.3 is 40.5 Å². The number of urea groups is 1. The average Bonchev–Trinajstić information content (AvgIpc) is 0.927. The molecule has 0 aromatic carbocycles. The molecule has 0 saturated carbocycles. The molecule has 4 amide bonds. The quantitative estimate of drug-likeness (QED) is 0.0246. The second-order valence-corrected chi connectivity index (χ2v) is 33.9. The number of carbonyl (C=O) groups is 3. The van der Waals surface area contributed by atoms with Crippen molar-refractivity contribution in [3.63, 3.8) is 0 Å². The smallest absolute Gasteiger partial charge is 0.379 e. The van der Waals surface area contributed by atoms with Crippen molar-refractivity contribution >= 4 is 33.5 Å². The van der Waals surface area contributed by atoms with E-state index in [1.54, 1.807) is 0 Å². The van der Waals surface area contributed by atoms with Crippen LogP contribution < -0.4 is 21.3 Å². The van der Waals surface area contributed by atoms with Gasteiger partial charge in [-0.15, -0.1) is 0 Å². The summed E-state index contributed by atoms with van der Waals surface area (Å²) in [7, 11) is -9.24. The van der Waals surface area contributed by atoms with Gasteiger partial charge in [-0.25, -0.2) is 13.9 Å². The zero-order valence-corrected chi connectivity index (χ0v) is 70.8. The molecule has 2 unspecified atom stereocenters. The molecule has 0 bridgehead atoms. The van der Waals surface area contributed by atoms with E-state index in [2.05, 4.69) is 62.8 Å². The molecule has 0 fully saturated rings. The van der Waals surface area contributed by atoms with Crippen molar-refractivity contribution in [1.29, 1.82) is 0 Å². The minimum Gasteiger partial charge on any atom is -0.379 e. The van der Waals surface area contributed by atoms with Crippen molar-refractivity contribution in [1.82, 2.24) is 21.3 Å². The van der Waals surface area contributed by atoms with Gasteiger partial charge in [0.05, 0.1) is 51.7 Å². The van der Waals surface area contributed by atoms with E-state index in [1.807, 2.05) is 0 Å². The van der Waals surface area contributed by atoms with Crippen LogP contribution in [-0.2, 0) is 46.3 Å². The van der Waals surface area contributed by atoms with Gasteiger partial charge in [0.25, 0.3) is 0 Å². The topological polar surface area (TPSA) is 229 Å². The molecule has 0 radical (unpaired) electrons. The summed E-state index contributed by atoms with van der Waals surface area (Å²) in [5.41, 5.74) is 0. The fourth-order valence-corrected chi connectivity index (χ4v) is 15.5. The first-order chi connectivity index (χ1) is 50.7.